The Bertz CT molecular complexity index is 643. The molecule has 25 heavy (non-hydrogen) atoms. The Kier molecular flexibility index (Phi) is 6.91. The molecule has 7 heteroatoms. The van der Waals surface area contributed by atoms with Crippen LogP contribution in [0.25, 0.3) is 0 Å². The topological polar surface area (TPSA) is 83.4 Å². The number of nitrogens with zero attached hydrogens (tertiary/aromatic N) is 1. The lowest BCUT2D eigenvalue weighted by Gasteiger charge is -2.23. The molecule has 0 bridgehead atoms. The molecule has 2 rings (SSSR count). The quantitative estimate of drug-likeness (QED) is 0.623. The van der Waals surface area contributed by atoms with E-state index in [0.717, 1.165) is 12.8 Å². The van der Waals surface area contributed by atoms with Crippen LogP contribution < -0.4 is 15.4 Å². The van der Waals surface area contributed by atoms with Crippen LogP contribution in [0.15, 0.2) is 18.2 Å². The van der Waals surface area contributed by atoms with E-state index in [1.165, 1.54) is 0 Å². The van der Waals surface area contributed by atoms with Crippen LogP contribution in [0.2, 0.25) is 5.02 Å². The second-order valence-electron chi connectivity index (χ2n) is 6.15. The van der Waals surface area contributed by atoms with Gasteiger partial charge in [0.05, 0.1) is 29.9 Å². The van der Waals surface area contributed by atoms with E-state index >= 15 is 0 Å². The molecule has 0 heterocycles. The van der Waals surface area contributed by atoms with Gasteiger partial charge in [-0.3, -0.25) is 4.79 Å². The first-order chi connectivity index (χ1) is 12.0. The van der Waals surface area contributed by atoms with Crippen LogP contribution >= 0.6 is 11.6 Å². The van der Waals surface area contributed by atoms with Gasteiger partial charge in [0.2, 0.25) is 5.91 Å². The molecule has 0 aromatic heterocycles. The number of nitriles is 1. The number of nitrogens with one attached hydrogen (secondary N) is 2. The third-order valence-corrected chi connectivity index (χ3v) is 4.41. The normalized spacial score (nSPS) is 15.8. The molecule has 1 fully saturated rings. The van der Waals surface area contributed by atoms with Crippen LogP contribution in [-0.2, 0) is 9.53 Å². The molecule has 0 aliphatic heterocycles. The maximum atomic E-state index is 12.2. The van der Waals surface area contributed by atoms with E-state index in [-0.39, 0.29) is 18.4 Å². The third-order valence-electron chi connectivity index (χ3n) is 4.11. The van der Waals surface area contributed by atoms with E-state index in [9.17, 15) is 10.1 Å². The summed E-state index contributed by atoms with van der Waals surface area (Å²) in [5, 5.41) is 15.6. The number of carbonyl (C=O) groups is 1. The van der Waals surface area contributed by atoms with E-state index in [1.54, 1.807) is 25.1 Å². The van der Waals surface area contributed by atoms with Crippen molar-refractivity contribution in [1.82, 2.24) is 5.32 Å². The van der Waals surface area contributed by atoms with E-state index in [4.69, 9.17) is 21.1 Å². The molecule has 1 aliphatic carbocycles. The Morgan fingerprint density at radius 3 is 2.84 bits per heavy atom. The van der Waals surface area contributed by atoms with Crippen molar-refractivity contribution in [2.45, 2.75) is 32.2 Å². The Labute approximate surface area is 153 Å². The summed E-state index contributed by atoms with van der Waals surface area (Å²) in [4.78, 5) is 12.2. The summed E-state index contributed by atoms with van der Waals surface area (Å²) in [6.07, 6.45) is 1.95. The molecule has 0 saturated heterocycles. The number of amides is 1. The molecule has 136 valence electrons. The first-order valence-corrected chi connectivity index (χ1v) is 8.83. The summed E-state index contributed by atoms with van der Waals surface area (Å²) in [6.45, 7) is 5.17. The van der Waals surface area contributed by atoms with Gasteiger partial charge in [0.1, 0.15) is 12.1 Å². The van der Waals surface area contributed by atoms with E-state index in [0.29, 0.717) is 36.3 Å². The second-order valence-corrected chi connectivity index (χ2v) is 6.56. The fraction of sp³-hybridized carbons (Fsp3) is 0.556. The predicted molar refractivity (Wildman–Crippen MR) is 96.8 cm³/mol. The Morgan fingerprint density at radius 2 is 2.20 bits per heavy atom. The van der Waals surface area contributed by atoms with Gasteiger partial charge in [0.15, 0.2) is 5.75 Å². The van der Waals surface area contributed by atoms with Crippen molar-refractivity contribution in [3.8, 4) is 11.8 Å². The average Bonchev–Trinajstić information content (AvgIpc) is 3.44. The number of benzene rings is 1. The summed E-state index contributed by atoms with van der Waals surface area (Å²) in [6, 6.07) is 7.51. The van der Waals surface area contributed by atoms with Gasteiger partial charge in [-0.2, -0.15) is 5.26 Å². The highest BCUT2D eigenvalue weighted by atomic mass is 35.5. The third kappa shape index (κ3) is 5.52. The Hall–Kier alpha value is -1.97. The standard InChI is InChI=1S/C18H24ClN3O3/c1-3-24-9-10-25-17-14(19)5-4-6-15(17)21-11-16(23)22-18(2,12-20)13-7-8-13/h4-6,13,21H,3,7-11H2,1-2H3,(H,22,23). The van der Waals surface area contributed by atoms with Crippen molar-refractivity contribution >= 4 is 23.2 Å². The molecule has 1 aliphatic rings. The highest BCUT2D eigenvalue weighted by Gasteiger charge is 2.42. The van der Waals surface area contributed by atoms with Gasteiger partial charge in [-0.1, -0.05) is 17.7 Å². The van der Waals surface area contributed by atoms with Crippen LogP contribution in [0.4, 0.5) is 5.69 Å². The molecular formula is C18H24ClN3O3. The number of ether oxygens (including phenoxy) is 2. The molecule has 0 spiro atoms. The van der Waals surface area contributed by atoms with E-state index < -0.39 is 5.54 Å². The summed E-state index contributed by atoms with van der Waals surface area (Å²) in [5.41, 5.74) is -0.173. The maximum Gasteiger partial charge on any atom is 0.240 e. The summed E-state index contributed by atoms with van der Waals surface area (Å²) in [7, 11) is 0. The minimum absolute atomic E-state index is 0.0339. The molecule has 1 amide bonds. The number of rotatable bonds is 10. The van der Waals surface area contributed by atoms with Crippen molar-refractivity contribution in [1.29, 1.82) is 5.26 Å². The smallest absolute Gasteiger partial charge is 0.240 e. The van der Waals surface area contributed by atoms with Gasteiger partial charge >= 0.3 is 0 Å². The molecule has 0 radical (unpaired) electrons. The van der Waals surface area contributed by atoms with Gasteiger partial charge in [0, 0.05) is 6.61 Å². The molecular weight excluding hydrogens is 342 g/mol. The van der Waals surface area contributed by atoms with Crippen molar-refractivity contribution in [3.05, 3.63) is 23.2 Å². The molecule has 1 aromatic rings. The zero-order chi connectivity index (χ0) is 18.3. The largest absolute Gasteiger partial charge is 0.487 e. The van der Waals surface area contributed by atoms with Crippen molar-refractivity contribution in [3.63, 3.8) is 0 Å². The molecule has 1 aromatic carbocycles. The lowest BCUT2D eigenvalue weighted by atomic mass is 9.98. The number of hydrogen-bond donors (Lipinski definition) is 2. The van der Waals surface area contributed by atoms with Crippen LogP contribution in [0.3, 0.4) is 0 Å². The molecule has 1 unspecified atom stereocenters. The molecule has 6 nitrogen and oxygen atoms in total. The highest BCUT2D eigenvalue weighted by Crippen LogP contribution is 2.39. The maximum absolute atomic E-state index is 12.2. The number of anilines is 1. The Morgan fingerprint density at radius 1 is 1.44 bits per heavy atom. The number of hydrogen-bond acceptors (Lipinski definition) is 5. The summed E-state index contributed by atoms with van der Waals surface area (Å²) in [5.74, 6) is 0.489. The van der Waals surface area contributed by atoms with E-state index in [2.05, 4.69) is 16.7 Å². The zero-order valence-corrected chi connectivity index (χ0v) is 15.4. The van der Waals surface area contributed by atoms with Crippen molar-refractivity contribution in [2.24, 2.45) is 5.92 Å². The lowest BCUT2D eigenvalue weighted by Crippen LogP contribution is -2.48. The summed E-state index contributed by atoms with van der Waals surface area (Å²) >= 11 is 6.19. The SMILES string of the molecule is CCOCCOc1c(Cl)cccc1NCC(=O)NC(C)(C#N)C1CC1. The van der Waals surface area contributed by atoms with Crippen LogP contribution in [0.1, 0.15) is 26.7 Å². The fourth-order valence-electron chi connectivity index (χ4n) is 2.53. The Balaban J connectivity index is 1.92. The molecule has 1 atom stereocenters. The van der Waals surface area contributed by atoms with Gasteiger partial charge in [-0.25, -0.2) is 0 Å². The van der Waals surface area contributed by atoms with Gasteiger partial charge in [-0.15, -0.1) is 0 Å². The first-order valence-electron chi connectivity index (χ1n) is 8.45. The second kappa shape index (κ2) is 8.93. The van der Waals surface area contributed by atoms with Crippen molar-refractivity contribution < 1.29 is 14.3 Å². The van der Waals surface area contributed by atoms with Crippen LogP contribution in [-0.4, -0.2) is 37.8 Å². The lowest BCUT2D eigenvalue weighted by molar-refractivity contribution is -0.120. The van der Waals surface area contributed by atoms with Crippen molar-refractivity contribution in [2.75, 3.05) is 31.7 Å². The minimum Gasteiger partial charge on any atom is -0.487 e. The minimum atomic E-state index is -0.802. The van der Waals surface area contributed by atoms with E-state index in [1.807, 2.05) is 6.92 Å². The number of carbonyl (C=O) groups excluding carboxylic acids is 1. The highest BCUT2D eigenvalue weighted by molar-refractivity contribution is 6.32. The summed E-state index contributed by atoms with van der Waals surface area (Å²) < 4.78 is 10.9. The predicted octanol–water partition coefficient (Wildman–Crippen LogP) is 2.98. The number of halogens is 1. The molecule has 2 N–H and O–H groups in total. The first kappa shape index (κ1) is 19.4. The molecule has 1 saturated carbocycles. The fourth-order valence-corrected chi connectivity index (χ4v) is 2.76. The van der Waals surface area contributed by atoms with Gasteiger partial charge < -0.3 is 20.1 Å². The van der Waals surface area contributed by atoms with Crippen LogP contribution in [0.5, 0.6) is 5.75 Å². The number of para-hydroxylation sites is 1. The average molecular weight is 366 g/mol. The van der Waals surface area contributed by atoms with Gasteiger partial charge in [-0.05, 0) is 44.7 Å². The van der Waals surface area contributed by atoms with Crippen LogP contribution in [0, 0.1) is 17.2 Å². The zero-order valence-electron chi connectivity index (χ0n) is 14.6. The monoisotopic (exact) mass is 365 g/mol. The van der Waals surface area contributed by atoms with Gasteiger partial charge in [0.25, 0.3) is 0 Å².